The fourth-order valence-corrected chi connectivity index (χ4v) is 2.17. The van der Waals surface area contributed by atoms with Crippen molar-refractivity contribution in [2.24, 2.45) is 0 Å². The maximum absolute atomic E-state index is 12.6. The Kier molecular flexibility index (Phi) is 3.47. The maximum Gasteiger partial charge on any atom is 0.454 e. The Labute approximate surface area is 108 Å². The smallest absolute Gasteiger partial charge is 0.371 e. The Morgan fingerprint density at radius 2 is 1.89 bits per heavy atom. The number of hydrogen-bond acceptors (Lipinski definition) is 3. The molecule has 0 amide bonds. The fraction of sp³-hybridized carbons (Fsp3) is 0.385. The van der Waals surface area contributed by atoms with E-state index in [9.17, 15) is 18.0 Å². The normalized spacial score (nSPS) is 15.4. The van der Waals surface area contributed by atoms with E-state index in [0.29, 0.717) is 13.1 Å². The number of carbonyl (C=O) groups excluding carboxylic acids is 1. The van der Waals surface area contributed by atoms with Gasteiger partial charge in [0.2, 0.25) is 0 Å². The predicted molar refractivity (Wildman–Crippen MR) is 63.0 cm³/mol. The van der Waals surface area contributed by atoms with Gasteiger partial charge < -0.3 is 4.90 Å². The lowest BCUT2D eigenvalue weighted by molar-refractivity contribution is -0.0884. The molecule has 0 aromatic heterocycles. The molecule has 0 N–H and O–H groups in total. The van der Waals surface area contributed by atoms with E-state index >= 15 is 0 Å². The van der Waals surface area contributed by atoms with Gasteiger partial charge in [-0.15, -0.1) is 0 Å². The lowest BCUT2D eigenvalue weighted by Gasteiger charge is -2.21. The second-order valence-corrected chi connectivity index (χ2v) is 4.36. The third-order valence-corrected chi connectivity index (χ3v) is 3.07. The van der Waals surface area contributed by atoms with Crippen LogP contribution in [0.15, 0.2) is 18.2 Å². The molecule has 1 aliphatic heterocycles. The molecular formula is C13H11F3N2O. The molecule has 0 spiro atoms. The van der Waals surface area contributed by atoms with Crippen LogP contribution in [-0.2, 0) is 0 Å². The number of Topliss-reactive ketones (excluding diaryl/α,β-unsaturated/α-hetero) is 1. The molecule has 1 heterocycles. The Balaban J connectivity index is 2.48. The van der Waals surface area contributed by atoms with Crippen LogP contribution in [-0.4, -0.2) is 25.0 Å². The molecule has 1 aromatic rings. The molecule has 1 aromatic carbocycles. The van der Waals surface area contributed by atoms with Crippen molar-refractivity contribution in [1.82, 2.24) is 0 Å². The second-order valence-electron chi connectivity index (χ2n) is 4.36. The molecule has 0 unspecified atom stereocenters. The minimum absolute atomic E-state index is 0.0514. The summed E-state index contributed by atoms with van der Waals surface area (Å²) >= 11 is 0. The molecule has 1 saturated heterocycles. The summed E-state index contributed by atoms with van der Waals surface area (Å²) in [4.78, 5) is 13.2. The number of halogens is 3. The van der Waals surface area contributed by atoms with E-state index in [1.807, 2.05) is 0 Å². The van der Waals surface area contributed by atoms with Gasteiger partial charge in [-0.2, -0.15) is 18.4 Å². The molecule has 0 saturated carbocycles. The van der Waals surface area contributed by atoms with Crippen LogP contribution >= 0.6 is 0 Å². The van der Waals surface area contributed by atoms with Crippen LogP contribution in [0, 0.1) is 11.3 Å². The SMILES string of the molecule is N#Cc1ccc(N2CCCC2)c(C(=O)C(F)(F)F)c1. The van der Waals surface area contributed by atoms with Crippen molar-refractivity contribution in [3.63, 3.8) is 0 Å². The highest BCUT2D eigenvalue weighted by atomic mass is 19.4. The number of alkyl halides is 3. The Morgan fingerprint density at radius 1 is 1.26 bits per heavy atom. The van der Waals surface area contributed by atoms with Gasteiger partial charge in [0.1, 0.15) is 0 Å². The molecule has 100 valence electrons. The maximum atomic E-state index is 12.6. The summed E-state index contributed by atoms with van der Waals surface area (Å²) in [6, 6.07) is 5.62. The van der Waals surface area contributed by atoms with Crippen LogP contribution in [0.1, 0.15) is 28.8 Å². The van der Waals surface area contributed by atoms with Crippen molar-refractivity contribution in [2.45, 2.75) is 19.0 Å². The fourth-order valence-electron chi connectivity index (χ4n) is 2.17. The van der Waals surface area contributed by atoms with E-state index in [4.69, 9.17) is 5.26 Å². The standard InChI is InChI=1S/C13H11F3N2O/c14-13(15,16)12(19)10-7-9(8-17)3-4-11(10)18-5-1-2-6-18/h3-4,7H,1-2,5-6H2. The molecule has 0 aliphatic carbocycles. The van der Waals surface area contributed by atoms with E-state index < -0.39 is 17.5 Å². The number of benzene rings is 1. The predicted octanol–water partition coefficient (Wildman–Crippen LogP) is 2.90. The molecule has 2 rings (SSSR count). The number of carbonyl (C=O) groups is 1. The molecule has 3 nitrogen and oxygen atoms in total. The van der Waals surface area contributed by atoms with Crippen molar-refractivity contribution in [2.75, 3.05) is 18.0 Å². The summed E-state index contributed by atoms with van der Waals surface area (Å²) in [5.74, 6) is -1.90. The number of nitriles is 1. The first-order valence-corrected chi connectivity index (χ1v) is 5.84. The number of ketones is 1. The van der Waals surface area contributed by atoms with Gasteiger partial charge in [-0.25, -0.2) is 0 Å². The van der Waals surface area contributed by atoms with Crippen LogP contribution in [0.3, 0.4) is 0 Å². The van der Waals surface area contributed by atoms with Crippen LogP contribution in [0.2, 0.25) is 0 Å². The monoisotopic (exact) mass is 268 g/mol. The number of hydrogen-bond donors (Lipinski definition) is 0. The highest BCUT2D eigenvalue weighted by molar-refractivity contribution is 6.05. The number of rotatable bonds is 2. The van der Waals surface area contributed by atoms with E-state index in [2.05, 4.69) is 0 Å². The summed E-state index contributed by atoms with van der Waals surface area (Å²) in [5.41, 5.74) is -0.122. The third-order valence-electron chi connectivity index (χ3n) is 3.07. The first-order chi connectivity index (χ1) is 8.93. The summed E-state index contributed by atoms with van der Waals surface area (Å²) in [6.07, 6.45) is -3.15. The van der Waals surface area contributed by atoms with Gasteiger partial charge in [0.15, 0.2) is 0 Å². The van der Waals surface area contributed by atoms with Gasteiger partial charge in [0.25, 0.3) is 5.78 Å². The van der Waals surface area contributed by atoms with Crippen LogP contribution in [0.5, 0.6) is 0 Å². The highest BCUT2D eigenvalue weighted by Crippen LogP contribution is 2.31. The zero-order valence-corrected chi connectivity index (χ0v) is 10.00. The second kappa shape index (κ2) is 4.92. The lowest BCUT2D eigenvalue weighted by Crippen LogP contribution is -2.27. The molecule has 1 aliphatic rings. The van der Waals surface area contributed by atoms with Crippen molar-refractivity contribution < 1.29 is 18.0 Å². The first kappa shape index (κ1) is 13.4. The Bertz CT molecular complexity index is 540. The molecule has 0 radical (unpaired) electrons. The van der Waals surface area contributed by atoms with Gasteiger partial charge in [0, 0.05) is 18.8 Å². The van der Waals surface area contributed by atoms with Crippen molar-refractivity contribution in [1.29, 1.82) is 5.26 Å². The van der Waals surface area contributed by atoms with Crippen molar-refractivity contribution in [3.05, 3.63) is 29.3 Å². The largest absolute Gasteiger partial charge is 0.454 e. The molecule has 19 heavy (non-hydrogen) atoms. The average Bonchev–Trinajstić information content (AvgIpc) is 2.89. The van der Waals surface area contributed by atoms with Gasteiger partial charge >= 0.3 is 6.18 Å². The van der Waals surface area contributed by atoms with Crippen molar-refractivity contribution >= 4 is 11.5 Å². The number of anilines is 1. The number of nitrogens with zero attached hydrogens (tertiary/aromatic N) is 2. The van der Waals surface area contributed by atoms with Crippen LogP contribution < -0.4 is 4.90 Å². The van der Waals surface area contributed by atoms with Crippen molar-refractivity contribution in [3.8, 4) is 6.07 Å². The summed E-state index contributed by atoms with van der Waals surface area (Å²) < 4.78 is 37.8. The van der Waals surface area contributed by atoms with Crippen LogP contribution in [0.25, 0.3) is 0 Å². The molecular weight excluding hydrogens is 257 g/mol. The van der Waals surface area contributed by atoms with Gasteiger partial charge in [0.05, 0.1) is 17.2 Å². The van der Waals surface area contributed by atoms with Crippen LogP contribution in [0.4, 0.5) is 18.9 Å². The molecule has 6 heteroatoms. The van der Waals surface area contributed by atoms with Gasteiger partial charge in [-0.1, -0.05) is 0 Å². The van der Waals surface area contributed by atoms with E-state index in [1.54, 1.807) is 11.0 Å². The quantitative estimate of drug-likeness (QED) is 0.775. The van der Waals surface area contributed by atoms with E-state index in [-0.39, 0.29) is 11.3 Å². The Hall–Kier alpha value is -2.03. The molecule has 0 atom stereocenters. The summed E-state index contributed by atoms with van der Waals surface area (Å²) in [5, 5.41) is 8.75. The average molecular weight is 268 g/mol. The van der Waals surface area contributed by atoms with E-state index in [0.717, 1.165) is 18.9 Å². The van der Waals surface area contributed by atoms with E-state index in [1.165, 1.54) is 12.1 Å². The van der Waals surface area contributed by atoms with Gasteiger partial charge in [-0.3, -0.25) is 4.79 Å². The minimum atomic E-state index is -4.93. The first-order valence-electron chi connectivity index (χ1n) is 5.84. The topological polar surface area (TPSA) is 44.1 Å². The zero-order valence-electron chi connectivity index (χ0n) is 10.00. The summed E-state index contributed by atoms with van der Waals surface area (Å²) in [7, 11) is 0. The molecule has 1 fully saturated rings. The van der Waals surface area contributed by atoms with Gasteiger partial charge in [-0.05, 0) is 31.0 Å². The molecule has 0 bridgehead atoms. The minimum Gasteiger partial charge on any atom is -0.371 e. The Morgan fingerprint density at radius 3 is 2.42 bits per heavy atom. The lowest BCUT2D eigenvalue weighted by atomic mass is 10.0. The third kappa shape index (κ3) is 2.70. The highest BCUT2D eigenvalue weighted by Gasteiger charge is 2.41. The zero-order chi connectivity index (χ0) is 14.0. The summed E-state index contributed by atoms with van der Waals surface area (Å²) in [6.45, 7) is 1.26.